The molecule has 30 aromatic rings. The zero-order chi connectivity index (χ0) is 91.5. The molecule has 0 fully saturated rings. The Kier molecular flexibility index (Phi) is 16.7. The summed E-state index contributed by atoms with van der Waals surface area (Å²) in [6.45, 7) is 0. The van der Waals surface area contributed by atoms with Gasteiger partial charge in [0.1, 0.15) is 22.3 Å². The van der Waals surface area contributed by atoms with Crippen molar-refractivity contribution >= 4 is 185 Å². The van der Waals surface area contributed by atoms with Gasteiger partial charge in [-0.15, -0.1) is 0 Å². The average molecular weight is 1780 g/mol. The van der Waals surface area contributed by atoms with Crippen LogP contribution in [0.1, 0.15) is 0 Å². The maximum Gasteiger partial charge on any atom is 0.166 e. The van der Waals surface area contributed by atoms with Crippen molar-refractivity contribution in [2.75, 3.05) is 0 Å². The van der Waals surface area contributed by atoms with E-state index >= 15 is 0 Å². The largest absolute Gasteiger partial charge is 0.456 e. The fraction of sp³-hybridized carbons (Fsp3) is 0. The van der Waals surface area contributed by atoms with Gasteiger partial charge in [-0.05, 0) is 204 Å². The molecule has 648 valence electrons. The molecule has 12 nitrogen and oxygen atoms in total. The molecular weight excluding hydrogens is 1710 g/mol. The number of fused-ring (bicyclic) bond motifs is 24. The molecule has 0 atom stereocenters. The highest BCUT2D eigenvalue weighted by Gasteiger charge is 2.30. The molecule has 22 aromatic carbocycles. The maximum atomic E-state index is 7.40. The second-order valence-electron chi connectivity index (χ2n) is 36.7. The van der Waals surface area contributed by atoms with Gasteiger partial charge in [0.25, 0.3) is 0 Å². The molecule has 0 radical (unpaired) electrons. The van der Waals surface area contributed by atoms with Gasteiger partial charge in [0.15, 0.2) is 34.9 Å². The van der Waals surface area contributed by atoms with Crippen molar-refractivity contribution in [2.24, 2.45) is 0 Å². The van der Waals surface area contributed by atoms with Gasteiger partial charge in [0.2, 0.25) is 0 Å². The van der Waals surface area contributed by atoms with Crippen LogP contribution in [0.15, 0.2) is 458 Å². The highest BCUT2D eigenvalue weighted by molar-refractivity contribution is 6.25. The minimum absolute atomic E-state index is 0.497. The smallest absolute Gasteiger partial charge is 0.166 e. The lowest BCUT2D eigenvalue weighted by molar-refractivity contribution is 0.668. The van der Waals surface area contributed by atoms with Crippen molar-refractivity contribution in [3.05, 3.63) is 449 Å². The van der Waals surface area contributed by atoms with E-state index in [0.29, 0.717) is 40.5 Å². The zero-order valence-corrected chi connectivity index (χ0v) is 75.0. The van der Waals surface area contributed by atoms with Crippen LogP contribution < -0.4 is 0 Å². The van der Waals surface area contributed by atoms with Crippen LogP contribution >= 0.6 is 0 Å². The SMILES string of the molecule is c1ccc(-c2ccc(-c3nc(-c4ccc5c(c4)c4ccccc4n5-c4ccccc4)nc(-c4cc5c(cc4-n4c6ccccc6c6cc7ccccc7cc64)oc4ccc6c(-c7cccc8c(-c9nc(-c%10cc%11c(cc%10-n%10c%12ccccc%12c%12cc%13ccccc%13cc%12%10)oc%10cc%12ccccc%12cc%10%11)nc(-c%10cccc%11c%10c%10ccccc%10n%11-c%10ccccc%10)n9)cccc78)cccc6c45)n3)cc2)cc1. The first-order chi connectivity index (χ1) is 69.4. The third-order valence-corrected chi connectivity index (χ3v) is 29.0. The summed E-state index contributed by atoms with van der Waals surface area (Å²) in [6.07, 6.45) is 0. The van der Waals surface area contributed by atoms with Crippen LogP contribution in [0.4, 0.5) is 0 Å². The Morgan fingerprint density at radius 3 is 1.09 bits per heavy atom. The minimum Gasteiger partial charge on any atom is -0.456 e. The second-order valence-corrected chi connectivity index (χ2v) is 36.7. The van der Waals surface area contributed by atoms with E-state index < -0.39 is 0 Å². The van der Waals surface area contributed by atoms with E-state index in [1.54, 1.807) is 0 Å². The van der Waals surface area contributed by atoms with E-state index in [1.165, 1.54) is 0 Å². The monoisotopic (exact) mass is 1780 g/mol. The molecule has 0 aliphatic heterocycles. The first kappa shape index (κ1) is 77.4. The molecule has 0 saturated heterocycles. The lowest BCUT2D eigenvalue weighted by atomic mass is 9.91. The molecule has 0 spiro atoms. The normalized spacial score (nSPS) is 12.1. The highest BCUT2D eigenvalue weighted by Crippen LogP contribution is 2.50. The van der Waals surface area contributed by atoms with Crippen LogP contribution in [0.2, 0.25) is 0 Å². The third kappa shape index (κ3) is 11.8. The Labute approximate surface area is 798 Å². The Balaban J connectivity index is 0.643. The van der Waals surface area contributed by atoms with Crippen LogP contribution in [-0.4, -0.2) is 48.2 Å². The summed E-state index contributed by atoms with van der Waals surface area (Å²) in [5.41, 5.74) is 24.5. The summed E-state index contributed by atoms with van der Waals surface area (Å²) < 4.78 is 24.0. The standard InChI is InChI=1S/C128H74N10O2/c1-4-28-75(29-5-1)76-56-58-77(59-57-76)123-129-124(84-60-62-111-99(67-84)92-40-16-20-51-107(92)135(111)85-36-6-2-7-37-85)131-127(130-123)105-72-106-120(74-116(105)138-109-53-22-18-42-94(109)101-65-79-31-11-14-34-82(79)69-114(101)138)139-117-63-61-91-89(45-25-48-95(91)122(106)117)87-44-24-47-90-88(87)46-26-49-96(90)125-132-126(98-50-27-55-112-121(98)97-43-19-23-54-110(97)136(112)86-38-8-3-9-39-86)134-128(133-125)104-71-103-102-66-80-32-12-15-35-83(80)70-118(102)140-119(103)73-115(104)137-108-52-21-17-41-93(108)100-64-78-30-10-13-33-81(78)68-113(100)137/h1-74H. The number of hydrogen-bond acceptors (Lipinski definition) is 8. The molecule has 12 heteroatoms. The molecule has 0 aliphatic rings. The van der Waals surface area contributed by atoms with Gasteiger partial charge in [0.05, 0.1) is 55.5 Å². The number of hydrogen-bond donors (Lipinski definition) is 0. The van der Waals surface area contributed by atoms with Gasteiger partial charge in [-0.2, -0.15) is 0 Å². The Morgan fingerprint density at radius 1 is 0.150 bits per heavy atom. The molecule has 140 heavy (non-hydrogen) atoms. The summed E-state index contributed by atoms with van der Waals surface area (Å²) in [6, 6.07) is 161. The Bertz CT molecular complexity index is 10600. The number of aromatic nitrogens is 10. The molecule has 0 saturated carbocycles. The molecule has 8 aromatic heterocycles. The lowest BCUT2D eigenvalue weighted by Crippen LogP contribution is -2.04. The molecule has 30 rings (SSSR count). The fourth-order valence-electron chi connectivity index (χ4n) is 22.7. The van der Waals surface area contributed by atoms with Gasteiger partial charge >= 0.3 is 0 Å². The van der Waals surface area contributed by atoms with Crippen LogP contribution in [0, 0.1) is 0 Å². The predicted molar refractivity (Wildman–Crippen MR) is 576 cm³/mol. The molecule has 0 aliphatic carbocycles. The molecule has 0 N–H and O–H groups in total. The van der Waals surface area contributed by atoms with Crippen molar-refractivity contribution < 1.29 is 8.83 Å². The molecule has 0 unspecified atom stereocenters. The van der Waals surface area contributed by atoms with Gasteiger partial charge < -0.3 is 27.1 Å². The van der Waals surface area contributed by atoms with E-state index in [9.17, 15) is 0 Å². The van der Waals surface area contributed by atoms with E-state index in [1.807, 2.05) is 0 Å². The number of benzene rings is 22. The van der Waals surface area contributed by atoms with Crippen molar-refractivity contribution in [3.8, 4) is 113 Å². The quantitative estimate of drug-likeness (QED) is 0.118. The highest BCUT2D eigenvalue weighted by atomic mass is 16.3. The number of nitrogens with zero attached hydrogens (tertiary/aromatic N) is 10. The fourth-order valence-corrected chi connectivity index (χ4v) is 22.7. The molecule has 8 heterocycles. The molecule has 0 amide bonds. The third-order valence-electron chi connectivity index (χ3n) is 29.0. The number of para-hydroxylation sites is 6. The van der Waals surface area contributed by atoms with Crippen LogP contribution in [0.25, 0.3) is 298 Å². The predicted octanol–water partition coefficient (Wildman–Crippen LogP) is 33.3. The van der Waals surface area contributed by atoms with E-state index in [-0.39, 0.29) is 0 Å². The van der Waals surface area contributed by atoms with Crippen LogP contribution in [0.3, 0.4) is 0 Å². The van der Waals surface area contributed by atoms with Crippen molar-refractivity contribution in [1.82, 2.24) is 48.2 Å². The molecule has 0 bridgehead atoms. The van der Waals surface area contributed by atoms with Gasteiger partial charge in [-0.3, -0.25) is 0 Å². The first-order valence-corrected chi connectivity index (χ1v) is 47.4. The lowest BCUT2D eigenvalue weighted by Gasteiger charge is -2.16. The van der Waals surface area contributed by atoms with Crippen molar-refractivity contribution in [1.29, 1.82) is 0 Å². The number of rotatable bonds is 12. The zero-order valence-electron chi connectivity index (χ0n) is 75.0. The van der Waals surface area contributed by atoms with E-state index in [2.05, 4.69) is 467 Å². The maximum absolute atomic E-state index is 7.40. The van der Waals surface area contributed by atoms with Crippen molar-refractivity contribution in [2.45, 2.75) is 0 Å². The summed E-state index contributed by atoms with van der Waals surface area (Å²) in [5, 5.41) is 23.4. The second kappa shape index (κ2) is 30.2. The van der Waals surface area contributed by atoms with Crippen LogP contribution in [-0.2, 0) is 0 Å². The minimum atomic E-state index is 0.497. The summed E-state index contributed by atoms with van der Waals surface area (Å²) in [5.74, 6) is 3.10. The van der Waals surface area contributed by atoms with Gasteiger partial charge in [-0.25, -0.2) is 29.9 Å². The summed E-state index contributed by atoms with van der Waals surface area (Å²) in [7, 11) is 0. The topological polar surface area (TPSA) is 123 Å². The Morgan fingerprint density at radius 2 is 0.500 bits per heavy atom. The number of furan rings is 2. The average Bonchev–Trinajstić information content (AvgIpc) is 1.51. The van der Waals surface area contributed by atoms with Gasteiger partial charge in [-0.1, -0.05) is 309 Å². The van der Waals surface area contributed by atoms with Gasteiger partial charge in [0, 0.05) is 122 Å². The van der Waals surface area contributed by atoms with E-state index in [0.717, 1.165) is 258 Å². The Hall–Kier alpha value is -19.0. The summed E-state index contributed by atoms with van der Waals surface area (Å²) in [4.78, 5) is 34.8. The van der Waals surface area contributed by atoms with Crippen LogP contribution in [0.5, 0.6) is 0 Å². The molecular formula is C128H74N10O2. The first-order valence-electron chi connectivity index (χ1n) is 47.4. The summed E-state index contributed by atoms with van der Waals surface area (Å²) >= 11 is 0. The van der Waals surface area contributed by atoms with E-state index in [4.69, 9.17) is 38.7 Å². The van der Waals surface area contributed by atoms with Crippen molar-refractivity contribution in [3.63, 3.8) is 0 Å².